The molecule has 1 N–H and O–H groups in total. The molecule has 4 rings (SSSR count). The summed E-state index contributed by atoms with van der Waals surface area (Å²) in [4.78, 5) is 39.0. The van der Waals surface area contributed by atoms with Gasteiger partial charge >= 0.3 is 12.0 Å². The number of imide groups is 1. The van der Waals surface area contributed by atoms with E-state index in [9.17, 15) is 14.4 Å². The number of hydrogen-bond donors (Lipinski definition) is 1. The number of ether oxygens (including phenoxy) is 1. The maximum absolute atomic E-state index is 12.8. The van der Waals surface area contributed by atoms with E-state index < -0.39 is 30.0 Å². The molecule has 1 aromatic carbocycles. The van der Waals surface area contributed by atoms with Crippen LogP contribution in [0.3, 0.4) is 0 Å². The van der Waals surface area contributed by atoms with Gasteiger partial charge in [-0.1, -0.05) is 41.6 Å². The van der Waals surface area contributed by atoms with E-state index in [1.54, 1.807) is 37.3 Å². The topological polar surface area (TPSA) is 102 Å². The second-order valence-corrected chi connectivity index (χ2v) is 7.58. The summed E-state index contributed by atoms with van der Waals surface area (Å²) in [6.07, 6.45) is 0. The van der Waals surface area contributed by atoms with E-state index in [0.717, 1.165) is 9.78 Å². The maximum Gasteiger partial charge on any atom is 0.326 e. The lowest BCUT2D eigenvalue weighted by Gasteiger charge is -2.21. The van der Waals surface area contributed by atoms with E-state index in [1.165, 1.54) is 11.3 Å². The van der Waals surface area contributed by atoms with Gasteiger partial charge in [0, 0.05) is 6.07 Å². The van der Waals surface area contributed by atoms with E-state index in [0.29, 0.717) is 17.0 Å². The monoisotopic (exact) mass is 411 g/mol. The number of esters is 1. The number of benzene rings is 1. The zero-order valence-electron chi connectivity index (χ0n) is 15.5. The van der Waals surface area contributed by atoms with Crippen molar-refractivity contribution in [3.05, 3.63) is 65.2 Å². The highest BCUT2D eigenvalue weighted by Crippen LogP contribution is 2.28. The zero-order valence-corrected chi connectivity index (χ0v) is 16.3. The average Bonchev–Trinajstić information content (AvgIpc) is 3.45. The minimum Gasteiger partial charge on any atom is -0.458 e. The molecule has 1 aliphatic rings. The van der Waals surface area contributed by atoms with Crippen LogP contribution in [0.15, 0.2) is 58.4 Å². The Morgan fingerprint density at radius 1 is 1.24 bits per heavy atom. The van der Waals surface area contributed by atoms with Crippen LogP contribution in [0.2, 0.25) is 0 Å². The lowest BCUT2D eigenvalue weighted by Crippen LogP contribution is -2.41. The zero-order chi connectivity index (χ0) is 20.4. The molecule has 3 heterocycles. The molecule has 3 amide bonds. The molecule has 0 spiro atoms. The van der Waals surface area contributed by atoms with Gasteiger partial charge in [0.1, 0.15) is 24.4 Å². The molecule has 0 unspecified atom stereocenters. The van der Waals surface area contributed by atoms with Crippen molar-refractivity contribution in [2.45, 2.75) is 19.1 Å². The van der Waals surface area contributed by atoms with Gasteiger partial charge in [0.2, 0.25) is 0 Å². The summed E-state index contributed by atoms with van der Waals surface area (Å²) in [6.45, 7) is 1.01. The van der Waals surface area contributed by atoms with Gasteiger partial charge in [0.25, 0.3) is 5.91 Å². The number of aromatic nitrogens is 1. The standard InChI is InChI=1S/C20H17N3O5S/c1-20(13-6-3-2-4-7-13)18(25)23(19(26)21-20)11-17(24)27-12-14-10-15(28-22-14)16-8-5-9-29-16/h2-10H,11-12H2,1H3,(H,21,26)/t20-/m1/s1. The highest BCUT2D eigenvalue weighted by molar-refractivity contribution is 7.13. The van der Waals surface area contributed by atoms with Crippen molar-refractivity contribution < 1.29 is 23.6 Å². The number of thiophene rings is 1. The molecule has 0 aliphatic carbocycles. The summed E-state index contributed by atoms with van der Waals surface area (Å²) in [5.74, 6) is -0.641. The molecule has 3 aromatic rings. The van der Waals surface area contributed by atoms with Crippen LogP contribution >= 0.6 is 11.3 Å². The lowest BCUT2D eigenvalue weighted by molar-refractivity contribution is -0.149. The Kier molecular flexibility index (Phi) is 4.89. The minimum absolute atomic E-state index is 0.118. The van der Waals surface area contributed by atoms with Crippen LogP contribution in [0, 0.1) is 0 Å². The number of rotatable bonds is 6. The fourth-order valence-electron chi connectivity index (χ4n) is 3.05. The molecule has 2 aromatic heterocycles. The molecule has 0 radical (unpaired) electrons. The van der Waals surface area contributed by atoms with E-state index in [4.69, 9.17) is 9.26 Å². The highest BCUT2D eigenvalue weighted by Gasteiger charge is 2.49. The number of amides is 3. The van der Waals surface area contributed by atoms with Crippen LogP contribution in [-0.4, -0.2) is 34.5 Å². The smallest absolute Gasteiger partial charge is 0.326 e. The number of carbonyl (C=O) groups is 3. The molecule has 0 saturated carbocycles. The third-order valence-electron chi connectivity index (χ3n) is 4.62. The fraction of sp³-hybridized carbons (Fsp3) is 0.200. The van der Waals surface area contributed by atoms with Gasteiger partial charge in [-0.15, -0.1) is 11.3 Å². The van der Waals surface area contributed by atoms with Gasteiger partial charge in [-0.25, -0.2) is 4.79 Å². The molecule has 1 aliphatic heterocycles. The number of nitrogens with zero attached hydrogens (tertiary/aromatic N) is 2. The molecular weight excluding hydrogens is 394 g/mol. The van der Waals surface area contributed by atoms with Crippen molar-refractivity contribution in [3.8, 4) is 10.6 Å². The summed E-state index contributed by atoms with van der Waals surface area (Å²) in [5, 5.41) is 8.43. The van der Waals surface area contributed by atoms with E-state index in [-0.39, 0.29) is 6.61 Å². The first kappa shape index (κ1) is 18.9. The van der Waals surface area contributed by atoms with Crippen LogP contribution in [0.5, 0.6) is 0 Å². The first-order chi connectivity index (χ1) is 14.0. The highest BCUT2D eigenvalue weighted by atomic mass is 32.1. The summed E-state index contributed by atoms with van der Waals surface area (Å²) in [5.41, 5.74) is -0.147. The summed E-state index contributed by atoms with van der Waals surface area (Å²) in [6, 6.07) is 13.7. The largest absolute Gasteiger partial charge is 0.458 e. The van der Waals surface area contributed by atoms with Crippen LogP contribution in [0.25, 0.3) is 10.6 Å². The molecule has 1 atom stereocenters. The molecule has 1 fully saturated rings. The summed E-state index contributed by atoms with van der Waals surface area (Å²) in [7, 11) is 0. The first-order valence-corrected chi connectivity index (χ1v) is 9.70. The van der Waals surface area contributed by atoms with Crippen LogP contribution < -0.4 is 5.32 Å². The Morgan fingerprint density at radius 3 is 2.76 bits per heavy atom. The van der Waals surface area contributed by atoms with Gasteiger partial charge in [-0.2, -0.15) is 0 Å². The fourth-order valence-corrected chi connectivity index (χ4v) is 3.72. The Bertz CT molecular complexity index is 1050. The number of hydrogen-bond acceptors (Lipinski definition) is 7. The van der Waals surface area contributed by atoms with Gasteiger partial charge in [0.15, 0.2) is 5.76 Å². The second-order valence-electron chi connectivity index (χ2n) is 6.63. The quantitative estimate of drug-likeness (QED) is 0.494. The van der Waals surface area contributed by atoms with Crippen molar-refractivity contribution >= 4 is 29.2 Å². The van der Waals surface area contributed by atoms with Gasteiger partial charge in [-0.05, 0) is 23.9 Å². The molecular formula is C20H17N3O5S. The van der Waals surface area contributed by atoms with Crippen LogP contribution in [0.1, 0.15) is 18.2 Å². The predicted octanol–water partition coefficient (Wildman–Crippen LogP) is 2.91. The van der Waals surface area contributed by atoms with Gasteiger partial charge in [-0.3, -0.25) is 14.5 Å². The van der Waals surface area contributed by atoms with Gasteiger partial charge in [0.05, 0.1) is 4.88 Å². The summed E-state index contributed by atoms with van der Waals surface area (Å²) < 4.78 is 10.4. The Morgan fingerprint density at radius 2 is 2.03 bits per heavy atom. The number of nitrogens with one attached hydrogen (secondary N) is 1. The third-order valence-corrected chi connectivity index (χ3v) is 5.50. The van der Waals surface area contributed by atoms with E-state index >= 15 is 0 Å². The normalized spacial score (nSPS) is 18.7. The molecule has 9 heteroatoms. The van der Waals surface area contributed by atoms with Crippen molar-refractivity contribution in [3.63, 3.8) is 0 Å². The second kappa shape index (κ2) is 7.51. The summed E-state index contributed by atoms with van der Waals surface area (Å²) >= 11 is 1.50. The lowest BCUT2D eigenvalue weighted by atomic mass is 9.92. The molecule has 29 heavy (non-hydrogen) atoms. The maximum atomic E-state index is 12.8. The molecule has 0 bridgehead atoms. The molecule has 1 saturated heterocycles. The van der Waals surface area contributed by atoms with Crippen LogP contribution in [0.4, 0.5) is 4.79 Å². The number of carbonyl (C=O) groups excluding carboxylic acids is 3. The number of urea groups is 1. The Balaban J connectivity index is 1.37. The minimum atomic E-state index is -1.22. The molecule has 148 valence electrons. The average molecular weight is 411 g/mol. The van der Waals surface area contributed by atoms with Crippen molar-refractivity contribution in [1.82, 2.24) is 15.4 Å². The third kappa shape index (κ3) is 3.64. The molecule has 8 nitrogen and oxygen atoms in total. The Labute approximate surface area is 170 Å². The van der Waals surface area contributed by atoms with Crippen molar-refractivity contribution in [2.75, 3.05) is 6.54 Å². The van der Waals surface area contributed by atoms with E-state index in [1.807, 2.05) is 23.6 Å². The first-order valence-electron chi connectivity index (χ1n) is 8.82. The predicted molar refractivity (Wildman–Crippen MR) is 104 cm³/mol. The SMILES string of the molecule is C[C@]1(c2ccccc2)NC(=O)N(CC(=O)OCc2cc(-c3cccs3)on2)C1=O. The van der Waals surface area contributed by atoms with Crippen molar-refractivity contribution in [1.29, 1.82) is 0 Å². The van der Waals surface area contributed by atoms with Crippen LogP contribution in [-0.2, 0) is 26.5 Å². The van der Waals surface area contributed by atoms with Crippen molar-refractivity contribution in [2.24, 2.45) is 0 Å². The van der Waals surface area contributed by atoms with E-state index in [2.05, 4.69) is 10.5 Å². The Hall–Kier alpha value is -3.46. The van der Waals surface area contributed by atoms with Gasteiger partial charge < -0.3 is 14.6 Å².